The third kappa shape index (κ3) is 35.8. The predicted octanol–water partition coefficient (Wildman–Crippen LogP) is 9.72. The van der Waals surface area contributed by atoms with Gasteiger partial charge in [-0.2, -0.15) is 0 Å². The van der Waals surface area contributed by atoms with Gasteiger partial charge in [0.05, 0.1) is 27.7 Å². The van der Waals surface area contributed by atoms with Crippen LogP contribution in [0.5, 0.6) is 0 Å². The van der Waals surface area contributed by atoms with Crippen molar-refractivity contribution in [2.45, 2.75) is 148 Å². The average Bonchev–Trinajstić information content (AvgIpc) is 3.06. The number of phosphoric acid groups is 1. The van der Waals surface area contributed by atoms with Crippen LogP contribution in [0.1, 0.15) is 142 Å². The zero-order valence-corrected chi connectivity index (χ0v) is 33.2. The van der Waals surface area contributed by atoms with E-state index in [0.29, 0.717) is 23.9 Å². The molecule has 0 aliphatic carbocycles. The summed E-state index contributed by atoms with van der Waals surface area (Å²) in [4.78, 5) is 37.3. The van der Waals surface area contributed by atoms with Gasteiger partial charge in [-0.1, -0.05) is 114 Å². The summed E-state index contributed by atoms with van der Waals surface area (Å²) in [5, 5.41) is 0. The van der Waals surface area contributed by atoms with Crippen LogP contribution < -0.4 is 4.89 Å². The molecule has 0 aliphatic rings. The van der Waals surface area contributed by atoms with Gasteiger partial charge in [0.2, 0.25) is 0 Å². The number of rotatable bonds is 34. The van der Waals surface area contributed by atoms with E-state index in [9.17, 15) is 19.0 Å². The van der Waals surface area contributed by atoms with E-state index in [0.717, 1.165) is 89.9 Å². The van der Waals surface area contributed by atoms with Gasteiger partial charge in [0, 0.05) is 12.8 Å². The molecule has 10 heteroatoms. The van der Waals surface area contributed by atoms with Crippen molar-refractivity contribution in [1.82, 2.24) is 0 Å². The van der Waals surface area contributed by atoms with Crippen molar-refractivity contribution in [2.75, 3.05) is 47.5 Å². The Morgan fingerprint density at radius 1 is 0.640 bits per heavy atom. The first kappa shape index (κ1) is 48.0. The molecule has 0 aromatic rings. The molecule has 0 spiro atoms. The Kier molecular flexibility index (Phi) is 31.5. The third-order valence-corrected chi connectivity index (χ3v) is 8.80. The monoisotopic (exact) mass is 725 g/mol. The summed E-state index contributed by atoms with van der Waals surface area (Å²) in [7, 11) is 1.14. The van der Waals surface area contributed by atoms with E-state index in [2.05, 4.69) is 62.5 Å². The third-order valence-electron chi connectivity index (χ3n) is 7.83. The Labute approximate surface area is 305 Å². The van der Waals surface area contributed by atoms with Gasteiger partial charge in [-0.3, -0.25) is 14.2 Å². The van der Waals surface area contributed by atoms with Gasteiger partial charge >= 0.3 is 11.9 Å². The molecule has 0 heterocycles. The Morgan fingerprint density at radius 2 is 1.14 bits per heavy atom. The molecule has 0 N–H and O–H groups in total. The lowest BCUT2D eigenvalue weighted by atomic mass is 10.1. The summed E-state index contributed by atoms with van der Waals surface area (Å²) in [6, 6.07) is 0. The van der Waals surface area contributed by atoms with Crippen molar-refractivity contribution >= 4 is 19.8 Å². The van der Waals surface area contributed by atoms with Crippen LogP contribution in [-0.2, 0) is 32.7 Å². The number of esters is 2. The second kappa shape index (κ2) is 32.8. The van der Waals surface area contributed by atoms with E-state index in [1.807, 2.05) is 21.1 Å². The first-order valence-electron chi connectivity index (χ1n) is 19.3. The minimum Gasteiger partial charge on any atom is -0.756 e. The second-order valence-electron chi connectivity index (χ2n) is 13.9. The first-order valence-corrected chi connectivity index (χ1v) is 20.8. The van der Waals surface area contributed by atoms with Crippen LogP contribution in [-0.4, -0.2) is 70.0 Å². The molecule has 0 saturated carbocycles. The lowest BCUT2D eigenvalue weighted by molar-refractivity contribution is -0.870. The molecule has 9 nitrogen and oxygen atoms in total. The predicted molar refractivity (Wildman–Crippen MR) is 203 cm³/mol. The molecule has 0 bridgehead atoms. The zero-order chi connectivity index (χ0) is 37.2. The number of carbonyl (C=O) groups excluding carboxylic acids is 2. The number of unbranched alkanes of at least 4 members (excludes halogenated alkanes) is 12. The first-order chi connectivity index (χ1) is 24.0. The molecule has 0 saturated heterocycles. The number of likely N-dealkylation sites (N-methyl/N-ethyl adjacent to an activating group) is 1. The summed E-state index contributed by atoms with van der Waals surface area (Å²) in [5.74, 6) is -0.872. The van der Waals surface area contributed by atoms with Crippen LogP contribution in [0.15, 0.2) is 48.6 Å². The second-order valence-corrected chi connectivity index (χ2v) is 15.3. The van der Waals surface area contributed by atoms with Gasteiger partial charge < -0.3 is 27.9 Å². The molecule has 50 heavy (non-hydrogen) atoms. The summed E-state index contributed by atoms with van der Waals surface area (Å²) < 4.78 is 33.7. The summed E-state index contributed by atoms with van der Waals surface area (Å²) >= 11 is 0. The summed E-state index contributed by atoms with van der Waals surface area (Å²) in [5.41, 5.74) is 0. The highest BCUT2D eigenvalue weighted by Crippen LogP contribution is 2.38. The van der Waals surface area contributed by atoms with Crippen molar-refractivity contribution in [2.24, 2.45) is 0 Å². The molecule has 290 valence electrons. The number of nitrogens with zero attached hydrogens (tertiary/aromatic N) is 1. The standard InChI is InChI=1S/C40H72NO8P/c1-6-8-10-12-14-16-18-19-20-21-23-24-26-28-30-32-39(42)46-36-38(37-48-50(44,45)47-35-34-41(3,4)5)49-40(43)33-31-29-27-25-22-17-15-13-11-9-7-2/h8,10,13-16,19-20,38H,6-7,9,11-12,17-18,21-37H2,1-5H3/b10-8+,15-13+,16-14+,20-19+/t38-/m1/s1. The van der Waals surface area contributed by atoms with Crippen LogP contribution in [0.3, 0.4) is 0 Å². The normalized spacial score (nSPS) is 14.3. The quantitative estimate of drug-likeness (QED) is 0.0212. The van der Waals surface area contributed by atoms with Crippen molar-refractivity contribution in [3.8, 4) is 0 Å². The Morgan fingerprint density at radius 3 is 1.72 bits per heavy atom. The highest BCUT2D eigenvalue weighted by Gasteiger charge is 2.21. The SMILES string of the molecule is CC/C=C/C/C=C/C/C=C/CCCCCCCC(=O)OC[C@H](COP(=O)([O-])OCC[N+](C)(C)C)OC(=O)CCCCCCC/C=C/CCCC. The number of phosphoric ester groups is 1. The molecular weight excluding hydrogens is 653 g/mol. The maximum Gasteiger partial charge on any atom is 0.306 e. The number of carbonyl (C=O) groups is 2. The van der Waals surface area contributed by atoms with E-state index in [1.54, 1.807) is 0 Å². The minimum atomic E-state index is -4.62. The van der Waals surface area contributed by atoms with Crippen LogP contribution in [0.2, 0.25) is 0 Å². The molecule has 0 fully saturated rings. The van der Waals surface area contributed by atoms with Crippen LogP contribution >= 0.6 is 7.82 Å². The molecule has 0 rings (SSSR count). The Hall–Kier alpha value is -2.03. The fourth-order valence-electron chi connectivity index (χ4n) is 4.77. The van der Waals surface area contributed by atoms with Crippen LogP contribution in [0.25, 0.3) is 0 Å². The molecule has 0 radical (unpaired) electrons. The van der Waals surface area contributed by atoms with Crippen LogP contribution in [0, 0.1) is 0 Å². The lowest BCUT2D eigenvalue weighted by Crippen LogP contribution is -2.37. The maximum absolute atomic E-state index is 12.6. The van der Waals surface area contributed by atoms with Crippen molar-refractivity contribution < 1.29 is 42.1 Å². The van der Waals surface area contributed by atoms with Gasteiger partial charge in [-0.05, 0) is 64.2 Å². The van der Waals surface area contributed by atoms with E-state index in [-0.39, 0.29) is 26.1 Å². The largest absolute Gasteiger partial charge is 0.756 e. The maximum atomic E-state index is 12.6. The lowest BCUT2D eigenvalue weighted by Gasteiger charge is -2.28. The van der Waals surface area contributed by atoms with E-state index >= 15 is 0 Å². The van der Waals surface area contributed by atoms with Crippen molar-refractivity contribution in [3.05, 3.63) is 48.6 Å². The molecular formula is C40H72NO8P. The Balaban J connectivity index is 4.46. The summed E-state index contributed by atoms with van der Waals surface area (Å²) in [6.07, 6.45) is 35.7. The molecule has 0 aromatic heterocycles. The minimum absolute atomic E-state index is 0.0371. The molecule has 0 aliphatic heterocycles. The number of ether oxygens (including phenoxy) is 2. The number of hydrogen-bond donors (Lipinski definition) is 0. The van der Waals surface area contributed by atoms with E-state index < -0.39 is 32.5 Å². The number of hydrogen-bond acceptors (Lipinski definition) is 8. The highest BCUT2D eigenvalue weighted by molar-refractivity contribution is 7.45. The van der Waals surface area contributed by atoms with Gasteiger partial charge in [-0.15, -0.1) is 0 Å². The van der Waals surface area contributed by atoms with E-state index in [4.69, 9.17) is 18.5 Å². The van der Waals surface area contributed by atoms with Gasteiger partial charge in [0.1, 0.15) is 19.8 Å². The van der Waals surface area contributed by atoms with Gasteiger partial charge in [0.25, 0.3) is 7.82 Å². The molecule has 1 unspecified atom stereocenters. The van der Waals surface area contributed by atoms with Gasteiger partial charge in [-0.25, -0.2) is 0 Å². The fourth-order valence-corrected chi connectivity index (χ4v) is 5.49. The molecule has 2 atom stereocenters. The van der Waals surface area contributed by atoms with Crippen molar-refractivity contribution in [1.29, 1.82) is 0 Å². The van der Waals surface area contributed by atoms with Crippen molar-refractivity contribution in [3.63, 3.8) is 0 Å². The molecule has 0 aromatic carbocycles. The highest BCUT2D eigenvalue weighted by atomic mass is 31.2. The number of allylic oxidation sites excluding steroid dienone is 8. The molecule has 0 amide bonds. The topological polar surface area (TPSA) is 111 Å². The number of quaternary nitrogens is 1. The average molecular weight is 726 g/mol. The summed E-state index contributed by atoms with van der Waals surface area (Å²) in [6.45, 7) is 4.01. The van der Waals surface area contributed by atoms with E-state index in [1.165, 1.54) is 12.8 Å². The smallest absolute Gasteiger partial charge is 0.306 e. The zero-order valence-electron chi connectivity index (χ0n) is 32.3. The van der Waals surface area contributed by atoms with Crippen LogP contribution in [0.4, 0.5) is 0 Å². The Bertz CT molecular complexity index is 1000. The fraction of sp³-hybridized carbons (Fsp3) is 0.750. The van der Waals surface area contributed by atoms with Gasteiger partial charge in [0.15, 0.2) is 6.10 Å².